The number of fused-ring (bicyclic) bond motifs is 4. The summed E-state index contributed by atoms with van der Waals surface area (Å²) in [5.41, 5.74) is 0. The van der Waals surface area contributed by atoms with Crippen LogP contribution in [0.1, 0.15) is 39.5 Å². The highest BCUT2D eigenvalue weighted by atomic mass is 15.2. The van der Waals surface area contributed by atoms with Crippen LogP contribution in [0.2, 0.25) is 0 Å². The third kappa shape index (κ3) is 6.53. The Balaban J connectivity index is 1.98. The summed E-state index contributed by atoms with van der Waals surface area (Å²) in [6.45, 7) is 19.9. The Labute approximate surface area is 138 Å². The van der Waals surface area contributed by atoms with Gasteiger partial charge in [0.15, 0.2) is 0 Å². The largest absolute Gasteiger partial charge is 0.302 e. The number of rotatable bonds is 3. The molecule has 2 aliphatic rings. The van der Waals surface area contributed by atoms with Gasteiger partial charge in [-0.2, -0.15) is 0 Å². The molecule has 0 aromatic rings. The van der Waals surface area contributed by atoms with Crippen molar-refractivity contribution >= 4 is 0 Å². The minimum atomic E-state index is 1.21. The van der Waals surface area contributed by atoms with E-state index in [4.69, 9.17) is 0 Å². The standard InChI is InChI=1S/C18H38N4/c1-3-8-20-10-6-12-21-13-7-14-22(18-17-20)11-5-9-19(4-2)15-16-21/h3-18H2,1-2H3. The van der Waals surface area contributed by atoms with E-state index in [2.05, 4.69) is 33.4 Å². The summed E-state index contributed by atoms with van der Waals surface area (Å²) in [5.74, 6) is 0. The summed E-state index contributed by atoms with van der Waals surface area (Å²) in [7, 11) is 0. The maximum Gasteiger partial charge on any atom is 0.0109 e. The van der Waals surface area contributed by atoms with Crippen molar-refractivity contribution in [2.24, 2.45) is 0 Å². The first-order chi connectivity index (χ1) is 10.8. The lowest BCUT2D eigenvalue weighted by atomic mass is 10.3. The zero-order valence-corrected chi connectivity index (χ0v) is 15.1. The van der Waals surface area contributed by atoms with Crippen LogP contribution in [0.3, 0.4) is 0 Å². The van der Waals surface area contributed by atoms with Crippen LogP contribution in [0.4, 0.5) is 0 Å². The lowest BCUT2D eigenvalue weighted by molar-refractivity contribution is 0.182. The van der Waals surface area contributed by atoms with Crippen molar-refractivity contribution in [3.05, 3.63) is 0 Å². The summed E-state index contributed by atoms with van der Waals surface area (Å²) < 4.78 is 0. The summed E-state index contributed by atoms with van der Waals surface area (Å²) in [4.78, 5) is 10.8. The lowest BCUT2D eigenvalue weighted by Gasteiger charge is -2.29. The summed E-state index contributed by atoms with van der Waals surface area (Å²) in [6.07, 6.45) is 5.31. The molecule has 4 heteroatoms. The van der Waals surface area contributed by atoms with Gasteiger partial charge in [0, 0.05) is 26.2 Å². The zero-order valence-electron chi connectivity index (χ0n) is 15.1. The monoisotopic (exact) mass is 310 g/mol. The third-order valence-electron chi connectivity index (χ3n) is 5.30. The van der Waals surface area contributed by atoms with Crippen LogP contribution in [0.25, 0.3) is 0 Å². The van der Waals surface area contributed by atoms with E-state index in [0.29, 0.717) is 0 Å². The molecule has 0 N–H and O–H groups in total. The van der Waals surface area contributed by atoms with E-state index in [1.807, 2.05) is 0 Å². The molecule has 0 aliphatic carbocycles. The highest BCUT2D eigenvalue weighted by Gasteiger charge is 2.16. The first-order valence-corrected chi connectivity index (χ1v) is 9.71. The van der Waals surface area contributed by atoms with Gasteiger partial charge in [-0.25, -0.2) is 0 Å². The number of nitrogens with zero attached hydrogens (tertiary/aromatic N) is 4. The Bertz CT molecular complexity index is 284. The molecule has 0 radical (unpaired) electrons. The average molecular weight is 311 g/mol. The molecule has 0 aromatic carbocycles. The SMILES string of the molecule is CCCN1CCCN2CCCN(CCCN(CC)CC2)CC1. The Morgan fingerprint density at radius 3 is 1.59 bits per heavy atom. The molecule has 22 heavy (non-hydrogen) atoms. The molecule has 0 aromatic heterocycles. The Morgan fingerprint density at radius 2 is 1.05 bits per heavy atom. The van der Waals surface area contributed by atoms with Crippen LogP contribution < -0.4 is 0 Å². The summed E-state index contributed by atoms with van der Waals surface area (Å²) in [6, 6.07) is 0. The number of hydrogen-bond acceptors (Lipinski definition) is 4. The molecule has 0 spiro atoms. The smallest absolute Gasteiger partial charge is 0.0109 e. The van der Waals surface area contributed by atoms with E-state index in [-0.39, 0.29) is 0 Å². The van der Waals surface area contributed by atoms with Gasteiger partial charge in [-0.1, -0.05) is 13.8 Å². The van der Waals surface area contributed by atoms with Crippen molar-refractivity contribution in [1.82, 2.24) is 19.6 Å². The topological polar surface area (TPSA) is 13.0 Å². The van der Waals surface area contributed by atoms with Gasteiger partial charge in [0.25, 0.3) is 0 Å². The molecule has 4 nitrogen and oxygen atoms in total. The van der Waals surface area contributed by atoms with Crippen molar-refractivity contribution in [2.75, 3.05) is 78.5 Å². The highest BCUT2D eigenvalue weighted by Crippen LogP contribution is 2.07. The predicted octanol–water partition coefficient (Wildman–Crippen LogP) is 1.82. The van der Waals surface area contributed by atoms with Crippen LogP contribution in [0.15, 0.2) is 0 Å². The van der Waals surface area contributed by atoms with Gasteiger partial charge < -0.3 is 19.6 Å². The molecule has 130 valence electrons. The van der Waals surface area contributed by atoms with Gasteiger partial charge >= 0.3 is 0 Å². The fraction of sp³-hybridized carbons (Fsp3) is 1.00. The second-order valence-corrected chi connectivity index (χ2v) is 7.02. The van der Waals surface area contributed by atoms with E-state index < -0.39 is 0 Å². The van der Waals surface area contributed by atoms with Gasteiger partial charge in [-0.3, -0.25) is 0 Å². The van der Waals surface area contributed by atoms with Crippen molar-refractivity contribution in [3.63, 3.8) is 0 Å². The molecule has 2 aliphatic heterocycles. The van der Waals surface area contributed by atoms with E-state index in [1.165, 1.54) is 104 Å². The Morgan fingerprint density at radius 1 is 0.545 bits per heavy atom. The second-order valence-electron chi connectivity index (χ2n) is 7.02. The molecule has 0 saturated carbocycles. The molecule has 2 atom stereocenters. The van der Waals surface area contributed by atoms with Crippen molar-refractivity contribution < 1.29 is 0 Å². The Kier molecular flexibility index (Phi) is 8.75. The molecule has 2 rings (SSSR count). The fourth-order valence-corrected chi connectivity index (χ4v) is 3.87. The van der Waals surface area contributed by atoms with E-state index in [1.54, 1.807) is 0 Å². The first-order valence-electron chi connectivity index (χ1n) is 9.71. The zero-order chi connectivity index (χ0) is 15.6. The lowest BCUT2D eigenvalue weighted by Crippen LogP contribution is -2.39. The maximum atomic E-state index is 2.73. The van der Waals surface area contributed by atoms with Gasteiger partial charge in [0.05, 0.1) is 0 Å². The first kappa shape index (κ1) is 18.2. The minimum Gasteiger partial charge on any atom is -0.302 e. The molecule has 2 saturated heterocycles. The number of likely N-dealkylation sites (N-methyl/N-ethyl adjacent to an activating group) is 1. The van der Waals surface area contributed by atoms with Gasteiger partial charge in [-0.05, 0) is 78.0 Å². The Hall–Kier alpha value is -0.160. The third-order valence-corrected chi connectivity index (χ3v) is 5.30. The molecular weight excluding hydrogens is 272 g/mol. The van der Waals surface area contributed by atoms with Crippen LogP contribution in [0.5, 0.6) is 0 Å². The summed E-state index contributed by atoms with van der Waals surface area (Å²) in [5, 5.41) is 0. The van der Waals surface area contributed by atoms with E-state index in [0.717, 1.165) is 0 Å². The quantitative estimate of drug-likeness (QED) is 0.788. The highest BCUT2D eigenvalue weighted by molar-refractivity contribution is 4.72. The second kappa shape index (κ2) is 10.6. The van der Waals surface area contributed by atoms with Gasteiger partial charge in [-0.15, -0.1) is 0 Å². The van der Waals surface area contributed by atoms with Crippen LogP contribution in [-0.4, -0.2) is 98.1 Å². The van der Waals surface area contributed by atoms with Crippen LogP contribution in [-0.2, 0) is 0 Å². The van der Waals surface area contributed by atoms with Crippen molar-refractivity contribution in [2.45, 2.75) is 39.5 Å². The van der Waals surface area contributed by atoms with Gasteiger partial charge in [0.1, 0.15) is 0 Å². The maximum absolute atomic E-state index is 2.73. The molecule has 2 unspecified atom stereocenters. The molecule has 0 amide bonds. The van der Waals surface area contributed by atoms with Crippen molar-refractivity contribution in [1.29, 1.82) is 0 Å². The minimum absolute atomic E-state index is 1.21. The molecular formula is C18H38N4. The van der Waals surface area contributed by atoms with Crippen molar-refractivity contribution in [3.8, 4) is 0 Å². The summed E-state index contributed by atoms with van der Waals surface area (Å²) >= 11 is 0. The molecule has 2 heterocycles. The predicted molar refractivity (Wildman–Crippen MR) is 95.6 cm³/mol. The van der Waals surface area contributed by atoms with Crippen LogP contribution >= 0.6 is 0 Å². The normalized spacial score (nSPS) is 30.8. The average Bonchev–Trinajstić information content (AvgIpc) is 2.59. The number of hydrogen-bond donors (Lipinski definition) is 0. The molecule has 2 fully saturated rings. The van der Waals surface area contributed by atoms with Gasteiger partial charge in [0.2, 0.25) is 0 Å². The fourth-order valence-electron chi connectivity index (χ4n) is 3.87. The van der Waals surface area contributed by atoms with Crippen LogP contribution in [0, 0.1) is 0 Å². The molecule has 2 bridgehead atoms. The van der Waals surface area contributed by atoms with E-state index >= 15 is 0 Å². The van der Waals surface area contributed by atoms with E-state index in [9.17, 15) is 0 Å².